The molecule has 7 heteroatoms. The average molecular weight is 378 g/mol. The SMILES string of the molecule is Cc1c(C(=O)N(C)CCc2ccccc2)oc2nc(-c3ccc(F)cc3)nn12. The lowest BCUT2D eigenvalue weighted by Crippen LogP contribution is -2.29. The van der Waals surface area contributed by atoms with Gasteiger partial charge in [-0.05, 0) is 43.2 Å². The first-order valence-corrected chi connectivity index (χ1v) is 8.94. The number of likely N-dealkylation sites (N-methyl/N-ethyl adjacent to an activating group) is 1. The van der Waals surface area contributed by atoms with Gasteiger partial charge in [-0.15, -0.1) is 5.10 Å². The summed E-state index contributed by atoms with van der Waals surface area (Å²) < 4.78 is 20.3. The third-order valence-electron chi connectivity index (χ3n) is 4.64. The maximum atomic E-state index is 13.1. The molecule has 0 atom stereocenters. The third-order valence-corrected chi connectivity index (χ3v) is 4.64. The van der Waals surface area contributed by atoms with Crippen molar-refractivity contribution in [2.24, 2.45) is 0 Å². The van der Waals surface area contributed by atoms with Crippen molar-refractivity contribution in [3.63, 3.8) is 0 Å². The van der Waals surface area contributed by atoms with Gasteiger partial charge in [0.05, 0.1) is 5.69 Å². The van der Waals surface area contributed by atoms with Crippen LogP contribution >= 0.6 is 0 Å². The summed E-state index contributed by atoms with van der Waals surface area (Å²) in [5, 5.41) is 4.39. The second kappa shape index (κ2) is 7.26. The highest BCUT2D eigenvalue weighted by molar-refractivity contribution is 5.92. The number of oxazole rings is 1. The fourth-order valence-corrected chi connectivity index (χ4v) is 2.98. The van der Waals surface area contributed by atoms with Gasteiger partial charge < -0.3 is 9.32 Å². The van der Waals surface area contributed by atoms with Gasteiger partial charge in [0.1, 0.15) is 5.82 Å². The first kappa shape index (κ1) is 17.9. The maximum Gasteiger partial charge on any atom is 0.325 e. The number of rotatable bonds is 5. The van der Waals surface area contributed by atoms with Crippen LogP contribution in [0, 0.1) is 12.7 Å². The molecule has 0 bridgehead atoms. The molecule has 2 heterocycles. The van der Waals surface area contributed by atoms with E-state index < -0.39 is 0 Å². The molecule has 0 aliphatic carbocycles. The second-order valence-electron chi connectivity index (χ2n) is 6.62. The maximum absolute atomic E-state index is 13.1. The minimum atomic E-state index is -0.325. The van der Waals surface area contributed by atoms with E-state index in [-0.39, 0.29) is 23.3 Å². The summed E-state index contributed by atoms with van der Waals surface area (Å²) in [5.41, 5.74) is 2.42. The summed E-state index contributed by atoms with van der Waals surface area (Å²) in [5.74, 6) is 0.324. The molecule has 28 heavy (non-hydrogen) atoms. The Hall–Kier alpha value is -3.48. The molecule has 2 aromatic heterocycles. The van der Waals surface area contributed by atoms with E-state index in [0.29, 0.717) is 23.6 Å². The standard InChI is InChI=1S/C21H19FN4O2/c1-14-18(20(27)25(2)13-12-15-6-4-3-5-7-15)28-21-23-19(24-26(14)21)16-8-10-17(22)11-9-16/h3-11H,12-13H2,1-2H3. The lowest BCUT2D eigenvalue weighted by atomic mass is 10.1. The highest BCUT2D eigenvalue weighted by atomic mass is 19.1. The number of carbonyl (C=O) groups is 1. The van der Waals surface area contributed by atoms with E-state index in [0.717, 1.165) is 6.42 Å². The lowest BCUT2D eigenvalue weighted by molar-refractivity contribution is 0.0766. The number of hydrogen-bond acceptors (Lipinski definition) is 4. The van der Waals surface area contributed by atoms with Crippen LogP contribution in [0.4, 0.5) is 4.39 Å². The number of amides is 1. The van der Waals surface area contributed by atoms with E-state index in [1.165, 1.54) is 22.2 Å². The highest BCUT2D eigenvalue weighted by Gasteiger charge is 2.23. The number of hydrogen-bond donors (Lipinski definition) is 0. The number of benzene rings is 2. The van der Waals surface area contributed by atoms with E-state index in [4.69, 9.17) is 4.42 Å². The van der Waals surface area contributed by atoms with Crippen molar-refractivity contribution in [3.05, 3.63) is 77.4 Å². The summed E-state index contributed by atoms with van der Waals surface area (Å²) in [6.45, 7) is 2.33. The molecule has 0 radical (unpaired) electrons. The van der Waals surface area contributed by atoms with E-state index in [9.17, 15) is 9.18 Å². The molecule has 0 aliphatic heterocycles. The number of aryl methyl sites for hydroxylation is 1. The van der Waals surface area contributed by atoms with Crippen molar-refractivity contribution in [1.29, 1.82) is 0 Å². The molecule has 0 N–H and O–H groups in total. The van der Waals surface area contributed by atoms with E-state index in [2.05, 4.69) is 10.1 Å². The number of nitrogens with zero attached hydrogens (tertiary/aromatic N) is 4. The van der Waals surface area contributed by atoms with Gasteiger partial charge in [0.25, 0.3) is 5.91 Å². The molecule has 4 rings (SSSR count). The Morgan fingerprint density at radius 3 is 2.54 bits per heavy atom. The van der Waals surface area contributed by atoms with Crippen LogP contribution in [0.3, 0.4) is 0 Å². The van der Waals surface area contributed by atoms with Crippen LogP contribution < -0.4 is 0 Å². The summed E-state index contributed by atoms with van der Waals surface area (Å²) in [7, 11) is 1.74. The van der Waals surface area contributed by atoms with Crippen molar-refractivity contribution in [2.45, 2.75) is 13.3 Å². The first-order valence-electron chi connectivity index (χ1n) is 8.94. The predicted octanol–water partition coefficient (Wildman–Crippen LogP) is 3.75. The quantitative estimate of drug-likeness (QED) is 0.531. The van der Waals surface area contributed by atoms with Gasteiger partial charge in [-0.3, -0.25) is 4.79 Å². The van der Waals surface area contributed by atoms with Crippen molar-refractivity contribution >= 4 is 11.8 Å². The molecule has 2 aromatic carbocycles. The topological polar surface area (TPSA) is 63.6 Å². The highest BCUT2D eigenvalue weighted by Crippen LogP contribution is 2.21. The van der Waals surface area contributed by atoms with Gasteiger partial charge in [-0.2, -0.15) is 9.50 Å². The van der Waals surface area contributed by atoms with Gasteiger partial charge >= 0.3 is 5.84 Å². The predicted molar refractivity (Wildman–Crippen MR) is 102 cm³/mol. The lowest BCUT2D eigenvalue weighted by Gasteiger charge is -2.15. The van der Waals surface area contributed by atoms with Crippen molar-refractivity contribution < 1.29 is 13.6 Å². The van der Waals surface area contributed by atoms with Gasteiger partial charge in [0.15, 0.2) is 5.82 Å². The molecule has 1 amide bonds. The van der Waals surface area contributed by atoms with Gasteiger partial charge in [-0.25, -0.2) is 4.39 Å². The molecule has 6 nitrogen and oxygen atoms in total. The Balaban J connectivity index is 1.53. The molecule has 0 saturated carbocycles. The van der Waals surface area contributed by atoms with Crippen LogP contribution in [-0.2, 0) is 6.42 Å². The second-order valence-corrected chi connectivity index (χ2v) is 6.62. The minimum Gasteiger partial charge on any atom is -0.416 e. The van der Waals surface area contributed by atoms with Crippen molar-refractivity contribution in [2.75, 3.05) is 13.6 Å². The summed E-state index contributed by atoms with van der Waals surface area (Å²) in [6.07, 6.45) is 0.757. The number of aromatic nitrogens is 3. The van der Waals surface area contributed by atoms with E-state index in [1.54, 1.807) is 31.0 Å². The zero-order valence-corrected chi connectivity index (χ0v) is 15.6. The fourth-order valence-electron chi connectivity index (χ4n) is 2.98. The molecule has 4 aromatic rings. The van der Waals surface area contributed by atoms with E-state index in [1.807, 2.05) is 30.3 Å². The summed E-state index contributed by atoms with van der Waals surface area (Å²) in [6, 6.07) is 15.9. The third kappa shape index (κ3) is 3.38. The minimum absolute atomic E-state index is 0.218. The largest absolute Gasteiger partial charge is 0.416 e. The first-order chi connectivity index (χ1) is 13.5. The van der Waals surface area contributed by atoms with E-state index >= 15 is 0 Å². The Kier molecular flexibility index (Phi) is 4.65. The molecule has 0 fully saturated rings. The number of halogens is 1. The van der Waals surface area contributed by atoms with Crippen LogP contribution in [0.25, 0.3) is 17.2 Å². The van der Waals surface area contributed by atoms with Crippen molar-refractivity contribution in [1.82, 2.24) is 19.5 Å². The zero-order valence-electron chi connectivity index (χ0n) is 15.6. The van der Waals surface area contributed by atoms with Crippen LogP contribution in [-0.4, -0.2) is 39.0 Å². The molecule has 142 valence electrons. The monoisotopic (exact) mass is 378 g/mol. The van der Waals surface area contributed by atoms with Gasteiger partial charge in [0.2, 0.25) is 5.76 Å². The van der Waals surface area contributed by atoms with Gasteiger partial charge in [-0.1, -0.05) is 30.3 Å². The van der Waals surface area contributed by atoms with Crippen LogP contribution in [0.1, 0.15) is 21.8 Å². The summed E-state index contributed by atoms with van der Waals surface area (Å²) in [4.78, 5) is 18.7. The zero-order chi connectivity index (χ0) is 19.7. The Bertz CT molecular complexity index is 1120. The van der Waals surface area contributed by atoms with Gasteiger partial charge in [0, 0.05) is 19.2 Å². The van der Waals surface area contributed by atoms with Crippen LogP contribution in [0.5, 0.6) is 0 Å². The fraction of sp³-hybridized carbons (Fsp3) is 0.190. The smallest absolute Gasteiger partial charge is 0.325 e. The molecule has 0 unspecified atom stereocenters. The Morgan fingerprint density at radius 1 is 1.14 bits per heavy atom. The summed E-state index contributed by atoms with van der Waals surface area (Å²) >= 11 is 0. The molecule has 0 aliphatic rings. The Labute approximate surface area is 161 Å². The average Bonchev–Trinajstić information content (AvgIpc) is 3.26. The molecule has 0 saturated heterocycles. The molecular weight excluding hydrogens is 359 g/mol. The van der Waals surface area contributed by atoms with Crippen LogP contribution in [0.15, 0.2) is 59.0 Å². The van der Waals surface area contributed by atoms with Crippen molar-refractivity contribution in [3.8, 4) is 11.4 Å². The normalized spacial score (nSPS) is 11.1. The Morgan fingerprint density at radius 2 is 1.86 bits per heavy atom. The number of fused-ring (bicyclic) bond motifs is 1. The molecule has 0 spiro atoms. The molecular formula is C21H19FN4O2. The number of carbonyl (C=O) groups excluding carboxylic acids is 1. The van der Waals surface area contributed by atoms with Crippen LogP contribution in [0.2, 0.25) is 0 Å².